The van der Waals surface area contributed by atoms with Crippen molar-refractivity contribution >= 4 is 16.1 Å². The van der Waals surface area contributed by atoms with Crippen LogP contribution in [0.3, 0.4) is 0 Å². The molecule has 2 aromatic rings. The van der Waals surface area contributed by atoms with Gasteiger partial charge in [-0.3, -0.25) is 0 Å². The Morgan fingerprint density at radius 2 is 1.68 bits per heavy atom. The average molecular weight is 400 g/mol. The van der Waals surface area contributed by atoms with Gasteiger partial charge in [0, 0.05) is 25.2 Å². The smallest absolute Gasteiger partial charge is 0.317 e. The Kier molecular flexibility index (Phi) is 5.37. The third-order valence-corrected chi connectivity index (χ3v) is 7.20. The van der Waals surface area contributed by atoms with Crippen LogP contribution in [0.5, 0.6) is 0 Å². The predicted molar refractivity (Wildman–Crippen MR) is 107 cm³/mol. The molecule has 4 rings (SSSR count). The van der Waals surface area contributed by atoms with Crippen molar-refractivity contribution in [3.63, 3.8) is 0 Å². The number of amides is 2. The van der Waals surface area contributed by atoms with E-state index in [1.54, 1.807) is 30.3 Å². The van der Waals surface area contributed by atoms with E-state index in [4.69, 9.17) is 0 Å². The second-order valence-electron chi connectivity index (χ2n) is 7.55. The minimum atomic E-state index is -3.52. The number of nitrogens with zero attached hydrogens (tertiary/aromatic N) is 1. The first-order valence-electron chi connectivity index (χ1n) is 9.69. The van der Waals surface area contributed by atoms with Crippen LogP contribution >= 0.6 is 0 Å². The van der Waals surface area contributed by atoms with Crippen molar-refractivity contribution in [2.45, 2.75) is 36.2 Å². The summed E-state index contributed by atoms with van der Waals surface area (Å²) >= 11 is 0. The molecule has 2 N–H and O–H groups in total. The summed E-state index contributed by atoms with van der Waals surface area (Å²) in [5.41, 5.74) is 1.20. The van der Waals surface area contributed by atoms with Crippen LogP contribution in [0, 0.1) is 5.92 Å². The molecule has 0 unspecified atom stereocenters. The molecule has 3 atom stereocenters. The second kappa shape index (κ2) is 7.93. The Morgan fingerprint density at radius 3 is 2.32 bits per heavy atom. The predicted octanol–water partition coefficient (Wildman–Crippen LogP) is 2.38. The van der Waals surface area contributed by atoms with Crippen molar-refractivity contribution in [3.05, 3.63) is 66.2 Å². The van der Waals surface area contributed by atoms with Gasteiger partial charge in [0.1, 0.15) is 0 Å². The van der Waals surface area contributed by atoms with Crippen molar-refractivity contribution in [2.75, 3.05) is 13.1 Å². The van der Waals surface area contributed by atoms with Gasteiger partial charge in [0.05, 0.1) is 4.90 Å². The number of sulfonamides is 1. The highest BCUT2D eigenvalue weighted by molar-refractivity contribution is 7.89. The summed E-state index contributed by atoms with van der Waals surface area (Å²) in [5, 5.41) is 3.00. The summed E-state index contributed by atoms with van der Waals surface area (Å²) in [4.78, 5) is 14.7. The van der Waals surface area contributed by atoms with Gasteiger partial charge in [-0.25, -0.2) is 17.9 Å². The summed E-state index contributed by atoms with van der Waals surface area (Å²) in [5.74, 6) is 0.170. The van der Waals surface area contributed by atoms with Crippen LogP contribution in [0.15, 0.2) is 65.6 Å². The zero-order valence-corrected chi connectivity index (χ0v) is 16.4. The third kappa shape index (κ3) is 4.05. The summed E-state index contributed by atoms with van der Waals surface area (Å²) in [6.07, 6.45) is 2.32. The largest absolute Gasteiger partial charge is 0.338 e. The van der Waals surface area contributed by atoms with Gasteiger partial charge in [0.2, 0.25) is 10.0 Å². The molecule has 1 saturated carbocycles. The lowest BCUT2D eigenvalue weighted by atomic mass is 10.0. The zero-order valence-electron chi connectivity index (χ0n) is 15.6. The number of hydrogen-bond acceptors (Lipinski definition) is 3. The van der Waals surface area contributed by atoms with Crippen LogP contribution in [0.4, 0.5) is 4.79 Å². The van der Waals surface area contributed by atoms with E-state index in [0.29, 0.717) is 19.5 Å². The van der Waals surface area contributed by atoms with E-state index in [2.05, 4.69) is 10.0 Å². The maximum absolute atomic E-state index is 12.6. The van der Waals surface area contributed by atoms with E-state index >= 15 is 0 Å². The van der Waals surface area contributed by atoms with Gasteiger partial charge >= 0.3 is 6.03 Å². The molecule has 2 fully saturated rings. The van der Waals surface area contributed by atoms with Crippen LogP contribution in [0.1, 0.15) is 18.4 Å². The molecule has 7 heteroatoms. The molecule has 148 valence electrons. The Balaban J connectivity index is 1.28. The number of urea groups is 1. The number of piperidine rings is 1. The van der Waals surface area contributed by atoms with Crippen molar-refractivity contribution < 1.29 is 13.2 Å². The van der Waals surface area contributed by atoms with Crippen LogP contribution < -0.4 is 10.0 Å². The molecule has 28 heavy (non-hydrogen) atoms. The standard InChI is InChI=1S/C21H25N3O3S/c25-21(22-12-11-16-7-3-1-4-8-16)24-15-17-13-18(24)14-20(17)23-28(26,27)19-9-5-2-6-10-19/h1-10,17-18,20,23H,11-15H2,(H,22,25)/t17-,18-,20-/m0/s1. The van der Waals surface area contributed by atoms with Gasteiger partial charge in [-0.15, -0.1) is 0 Å². The molecule has 1 saturated heterocycles. The van der Waals surface area contributed by atoms with E-state index < -0.39 is 10.0 Å². The lowest BCUT2D eigenvalue weighted by Crippen LogP contribution is -2.50. The normalized spacial score (nSPS) is 23.7. The van der Waals surface area contributed by atoms with Crippen molar-refractivity contribution in [2.24, 2.45) is 5.92 Å². The SMILES string of the molecule is O=C(NCCc1ccccc1)N1C[C@@H]2C[C@H]1C[C@@H]2NS(=O)(=O)c1ccccc1. The minimum Gasteiger partial charge on any atom is -0.338 e. The highest BCUT2D eigenvalue weighted by Crippen LogP contribution is 2.38. The Bertz CT molecular complexity index is 918. The van der Waals surface area contributed by atoms with Gasteiger partial charge in [0.15, 0.2) is 0 Å². The Labute approximate surface area is 166 Å². The first kappa shape index (κ1) is 19.0. The number of carbonyl (C=O) groups excluding carboxylic acids is 1. The summed E-state index contributed by atoms with van der Waals surface area (Å²) in [6, 6.07) is 18.4. The van der Waals surface area contributed by atoms with Gasteiger partial charge < -0.3 is 10.2 Å². The number of hydrogen-bond donors (Lipinski definition) is 2. The van der Waals surface area contributed by atoms with Crippen LogP contribution in [0.25, 0.3) is 0 Å². The molecule has 2 aromatic carbocycles. The van der Waals surface area contributed by atoms with E-state index in [-0.39, 0.29) is 28.9 Å². The Hall–Kier alpha value is -2.38. The second-order valence-corrected chi connectivity index (χ2v) is 9.26. The van der Waals surface area contributed by atoms with Gasteiger partial charge in [-0.05, 0) is 42.9 Å². The number of likely N-dealkylation sites (tertiary alicyclic amines) is 1. The summed E-state index contributed by atoms with van der Waals surface area (Å²) < 4.78 is 27.9. The molecule has 1 aliphatic carbocycles. The van der Waals surface area contributed by atoms with E-state index in [1.807, 2.05) is 35.2 Å². The molecule has 1 heterocycles. The molecule has 0 spiro atoms. The van der Waals surface area contributed by atoms with Crippen LogP contribution in [0.2, 0.25) is 0 Å². The number of nitrogens with one attached hydrogen (secondary N) is 2. The maximum atomic E-state index is 12.6. The Morgan fingerprint density at radius 1 is 1.00 bits per heavy atom. The van der Waals surface area contributed by atoms with Gasteiger partial charge in [-0.2, -0.15) is 0 Å². The van der Waals surface area contributed by atoms with Crippen molar-refractivity contribution in [1.82, 2.24) is 14.9 Å². The van der Waals surface area contributed by atoms with Gasteiger partial charge in [-0.1, -0.05) is 48.5 Å². The molecule has 2 amide bonds. The van der Waals surface area contributed by atoms with Gasteiger partial charge in [0.25, 0.3) is 0 Å². The molecule has 0 aromatic heterocycles. The van der Waals surface area contributed by atoms with E-state index in [0.717, 1.165) is 12.8 Å². The quantitative estimate of drug-likeness (QED) is 0.783. The topological polar surface area (TPSA) is 78.5 Å². The zero-order chi connectivity index (χ0) is 19.6. The molecule has 2 aliphatic rings. The average Bonchev–Trinajstić information content (AvgIpc) is 3.29. The summed E-state index contributed by atoms with van der Waals surface area (Å²) in [6.45, 7) is 1.20. The lowest BCUT2D eigenvalue weighted by molar-refractivity contribution is 0.175. The minimum absolute atomic E-state index is 0.0483. The molecule has 6 nitrogen and oxygen atoms in total. The maximum Gasteiger partial charge on any atom is 0.317 e. The highest BCUT2D eigenvalue weighted by atomic mass is 32.2. The lowest BCUT2D eigenvalue weighted by Gasteiger charge is -2.31. The third-order valence-electron chi connectivity index (χ3n) is 5.70. The monoisotopic (exact) mass is 399 g/mol. The number of benzene rings is 2. The molecule has 2 bridgehead atoms. The molecule has 1 aliphatic heterocycles. The summed E-state index contributed by atoms with van der Waals surface area (Å²) in [7, 11) is -3.52. The van der Waals surface area contributed by atoms with E-state index in [9.17, 15) is 13.2 Å². The first-order valence-corrected chi connectivity index (χ1v) is 11.2. The molecule has 0 radical (unpaired) electrons. The number of rotatable bonds is 6. The number of carbonyl (C=O) groups is 1. The fourth-order valence-electron chi connectivity index (χ4n) is 4.27. The van der Waals surface area contributed by atoms with Crippen LogP contribution in [-0.4, -0.2) is 44.5 Å². The van der Waals surface area contributed by atoms with Crippen LogP contribution in [-0.2, 0) is 16.4 Å². The highest BCUT2D eigenvalue weighted by Gasteiger charge is 2.47. The molecular formula is C21H25N3O3S. The fourth-order valence-corrected chi connectivity index (χ4v) is 5.61. The molecular weight excluding hydrogens is 374 g/mol. The first-order chi connectivity index (χ1) is 13.5. The van der Waals surface area contributed by atoms with Crippen molar-refractivity contribution in [1.29, 1.82) is 0 Å². The van der Waals surface area contributed by atoms with Crippen molar-refractivity contribution in [3.8, 4) is 0 Å². The van der Waals surface area contributed by atoms with E-state index in [1.165, 1.54) is 5.56 Å². The fraction of sp³-hybridized carbons (Fsp3) is 0.381. The number of fused-ring (bicyclic) bond motifs is 2.